The van der Waals surface area contributed by atoms with Crippen molar-refractivity contribution in [3.63, 3.8) is 0 Å². The molecule has 0 aliphatic rings. The molecule has 0 aliphatic carbocycles. The molecule has 1 aromatic carbocycles. The van der Waals surface area contributed by atoms with Crippen molar-refractivity contribution in [3.8, 4) is 0 Å². The molecule has 0 unspecified atom stereocenters. The van der Waals surface area contributed by atoms with E-state index in [9.17, 15) is 9.59 Å². The van der Waals surface area contributed by atoms with E-state index in [4.69, 9.17) is 5.73 Å². The summed E-state index contributed by atoms with van der Waals surface area (Å²) in [4.78, 5) is 25.1. The SMILES string of the molecule is C[C@@H](C(N)=O)n1ncc(N(C)CCc2ccccc2)cc1=O. The second-order valence-electron chi connectivity index (χ2n) is 5.23. The Morgan fingerprint density at radius 1 is 1.36 bits per heavy atom. The van der Waals surface area contributed by atoms with Crippen LogP contribution < -0.4 is 16.2 Å². The molecule has 1 atom stereocenters. The van der Waals surface area contributed by atoms with E-state index in [0.717, 1.165) is 17.6 Å². The van der Waals surface area contributed by atoms with Gasteiger partial charge in [-0.15, -0.1) is 0 Å². The van der Waals surface area contributed by atoms with Crippen molar-refractivity contribution in [2.45, 2.75) is 19.4 Å². The van der Waals surface area contributed by atoms with Gasteiger partial charge in [-0.25, -0.2) is 4.68 Å². The molecule has 2 N–H and O–H groups in total. The quantitative estimate of drug-likeness (QED) is 0.862. The zero-order valence-electron chi connectivity index (χ0n) is 12.8. The second-order valence-corrected chi connectivity index (χ2v) is 5.23. The Morgan fingerprint density at radius 3 is 2.64 bits per heavy atom. The zero-order chi connectivity index (χ0) is 16.1. The molecule has 0 saturated heterocycles. The lowest BCUT2D eigenvalue weighted by molar-refractivity contribution is -0.121. The van der Waals surface area contributed by atoms with Gasteiger partial charge < -0.3 is 10.6 Å². The molecule has 0 bridgehead atoms. The number of carbonyl (C=O) groups is 1. The van der Waals surface area contributed by atoms with Crippen molar-refractivity contribution in [3.05, 3.63) is 58.5 Å². The second kappa shape index (κ2) is 6.89. The summed E-state index contributed by atoms with van der Waals surface area (Å²) < 4.78 is 1.09. The predicted molar refractivity (Wildman–Crippen MR) is 85.8 cm³/mol. The van der Waals surface area contributed by atoms with E-state index < -0.39 is 11.9 Å². The number of hydrogen-bond donors (Lipinski definition) is 1. The number of carbonyl (C=O) groups excluding carboxylic acids is 1. The summed E-state index contributed by atoms with van der Waals surface area (Å²) in [6.45, 7) is 2.32. The highest BCUT2D eigenvalue weighted by molar-refractivity contribution is 5.77. The molecular formula is C16H20N4O2. The molecule has 1 aromatic heterocycles. The van der Waals surface area contributed by atoms with Crippen molar-refractivity contribution in [2.75, 3.05) is 18.5 Å². The van der Waals surface area contributed by atoms with E-state index in [2.05, 4.69) is 17.2 Å². The van der Waals surface area contributed by atoms with Crippen molar-refractivity contribution >= 4 is 11.6 Å². The summed E-state index contributed by atoms with van der Waals surface area (Å²) in [5.41, 5.74) is 6.81. The summed E-state index contributed by atoms with van der Waals surface area (Å²) in [6, 6.07) is 10.8. The molecule has 6 nitrogen and oxygen atoms in total. The summed E-state index contributed by atoms with van der Waals surface area (Å²) in [7, 11) is 1.90. The average molecular weight is 300 g/mol. The summed E-state index contributed by atoms with van der Waals surface area (Å²) in [5.74, 6) is -0.584. The van der Waals surface area contributed by atoms with Gasteiger partial charge in [-0.05, 0) is 18.9 Å². The van der Waals surface area contributed by atoms with Crippen molar-refractivity contribution in [1.29, 1.82) is 0 Å². The number of nitrogens with two attached hydrogens (primary N) is 1. The van der Waals surface area contributed by atoms with Gasteiger partial charge in [0.2, 0.25) is 5.91 Å². The monoisotopic (exact) mass is 300 g/mol. The highest BCUT2D eigenvalue weighted by Crippen LogP contribution is 2.10. The van der Waals surface area contributed by atoms with Crippen molar-refractivity contribution in [2.24, 2.45) is 5.73 Å². The van der Waals surface area contributed by atoms with E-state index >= 15 is 0 Å². The van der Waals surface area contributed by atoms with Crippen LogP contribution in [0, 0.1) is 0 Å². The summed E-state index contributed by atoms with van der Waals surface area (Å²) in [5, 5.41) is 4.04. The topological polar surface area (TPSA) is 81.2 Å². The smallest absolute Gasteiger partial charge is 0.269 e. The van der Waals surface area contributed by atoms with Gasteiger partial charge in [0, 0.05) is 19.7 Å². The highest BCUT2D eigenvalue weighted by atomic mass is 16.2. The van der Waals surface area contributed by atoms with Gasteiger partial charge in [-0.3, -0.25) is 9.59 Å². The van der Waals surface area contributed by atoms with E-state index in [1.165, 1.54) is 11.6 Å². The molecule has 22 heavy (non-hydrogen) atoms. The molecule has 0 radical (unpaired) electrons. The van der Waals surface area contributed by atoms with Crippen LogP contribution in [0.15, 0.2) is 47.4 Å². The Bertz CT molecular complexity index is 697. The maximum atomic E-state index is 12.0. The summed E-state index contributed by atoms with van der Waals surface area (Å²) in [6.07, 6.45) is 2.45. The van der Waals surface area contributed by atoms with Crippen molar-refractivity contribution in [1.82, 2.24) is 9.78 Å². The van der Waals surface area contributed by atoms with Crippen LogP contribution in [-0.2, 0) is 11.2 Å². The van der Waals surface area contributed by atoms with Crippen LogP contribution >= 0.6 is 0 Å². The van der Waals surface area contributed by atoms with Crippen LogP contribution in [0.2, 0.25) is 0 Å². The maximum Gasteiger partial charge on any atom is 0.269 e. The van der Waals surface area contributed by atoms with E-state index in [-0.39, 0.29) is 5.56 Å². The van der Waals surface area contributed by atoms with Gasteiger partial charge in [0.1, 0.15) is 6.04 Å². The Kier molecular flexibility index (Phi) is 4.93. The van der Waals surface area contributed by atoms with Crippen LogP contribution in [0.4, 0.5) is 5.69 Å². The molecule has 6 heteroatoms. The van der Waals surface area contributed by atoms with E-state index in [0.29, 0.717) is 5.69 Å². The molecule has 2 aromatic rings. The Hall–Kier alpha value is -2.63. The lowest BCUT2D eigenvalue weighted by Gasteiger charge is -2.19. The highest BCUT2D eigenvalue weighted by Gasteiger charge is 2.14. The number of amides is 1. The number of anilines is 1. The van der Waals surface area contributed by atoms with Gasteiger partial charge in [0.15, 0.2) is 0 Å². The normalized spacial score (nSPS) is 11.9. The number of hydrogen-bond acceptors (Lipinski definition) is 4. The molecule has 1 heterocycles. The fourth-order valence-electron chi connectivity index (χ4n) is 2.10. The van der Waals surface area contributed by atoms with Crippen LogP contribution in [0.5, 0.6) is 0 Å². The van der Waals surface area contributed by atoms with Gasteiger partial charge in [0.05, 0.1) is 11.9 Å². The molecule has 0 aliphatic heterocycles. The Balaban J connectivity index is 2.07. The fraction of sp³-hybridized carbons (Fsp3) is 0.312. The third-order valence-corrected chi connectivity index (χ3v) is 3.61. The Morgan fingerprint density at radius 2 is 2.05 bits per heavy atom. The van der Waals surface area contributed by atoms with Gasteiger partial charge >= 0.3 is 0 Å². The molecule has 0 spiro atoms. The number of likely N-dealkylation sites (N-methyl/N-ethyl adjacent to an activating group) is 1. The third kappa shape index (κ3) is 3.72. The maximum absolute atomic E-state index is 12.0. The van der Waals surface area contributed by atoms with Crippen LogP contribution in [0.25, 0.3) is 0 Å². The average Bonchev–Trinajstić information content (AvgIpc) is 2.52. The minimum atomic E-state index is -0.754. The molecule has 0 saturated carbocycles. The first-order chi connectivity index (χ1) is 10.5. The minimum absolute atomic E-state index is 0.338. The largest absolute Gasteiger partial charge is 0.373 e. The summed E-state index contributed by atoms with van der Waals surface area (Å²) >= 11 is 0. The standard InChI is InChI=1S/C16H20N4O2/c1-12(16(17)22)20-15(21)10-14(11-18-20)19(2)9-8-13-6-4-3-5-7-13/h3-7,10-12H,8-9H2,1-2H3,(H2,17,22)/t12-/m0/s1. The van der Waals surface area contributed by atoms with E-state index in [1.54, 1.807) is 13.1 Å². The zero-order valence-corrected chi connectivity index (χ0v) is 12.8. The first-order valence-corrected chi connectivity index (χ1v) is 7.12. The van der Waals surface area contributed by atoms with E-state index in [1.807, 2.05) is 30.1 Å². The molecule has 116 valence electrons. The van der Waals surface area contributed by atoms with Gasteiger partial charge in [-0.1, -0.05) is 30.3 Å². The number of aromatic nitrogens is 2. The van der Waals surface area contributed by atoms with Crippen LogP contribution in [-0.4, -0.2) is 29.3 Å². The number of rotatable bonds is 6. The first-order valence-electron chi connectivity index (χ1n) is 7.12. The number of nitrogens with zero attached hydrogens (tertiary/aromatic N) is 3. The third-order valence-electron chi connectivity index (χ3n) is 3.61. The molecule has 0 fully saturated rings. The molecule has 2 rings (SSSR count). The minimum Gasteiger partial charge on any atom is -0.373 e. The van der Waals surface area contributed by atoms with Gasteiger partial charge in [0.25, 0.3) is 5.56 Å². The molecular weight excluding hydrogens is 280 g/mol. The first kappa shape index (κ1) is 15.8. The van der Waals surface area contributed by atoms with Crippen LogP contribution in [0.1, 0.15) is 18.5 Å². The number of primary amides is 1. The van der Waals surface area contributed by atoms with Crippen LogP contribution in [0.3, 0.4) is 0 Å². The Labute approximate surface area is 129 Å². The fourth-order valence-corrected chi connectivity index (χ4v) is 2.10. The lowest BCUT2D eigenvalue weighted by Crippen LogP contribution is -2.34. The van der Waals surface area contributed by atoms with Crippen molar-refractivity contribution < 1.29 is 4.79 Å². The predicted octanol–water partition coefficient (Wildman–Crippen LogP) is 0.968. The number of benzene rings is 1. The molecule has 1 amide bonds. The lowest BCUT2D eigenvalue weighted by atomic mass is 10.1. The van der Waals surface area contributed by atoms with Gasteiger partial charge in [-0.2, -0.15) is 5.10 Å².